The molecule has 11 nitrogen and oxygen atoms in total. The van der Waals surface area contributed by atoms with E-state index in [1.165, 1.54) is 29.9 Å². The van der Waals surface area contributed by atoms with Crippen molar-refractivity contribution in [1.29, 1.82) is 0 Å². The highest BCUT2D eigenvalue weighted by Crippen LogP contribution is 2.39. The minimum Gasteiger partial charge on any atom is -0.496 e. The minimum absolute atomic E-state index is 0.0521. The fourth-order valence-corrected chi connectivity index (χ4v) is 6.09. The van der Waals surface area contributed by atoms with E-state index in [0.29, 0.717) is 40.4 Å². The highest BCUT2D eigenvalue weighted by molar-refractivity contribution is 9.10. The molecule has 208 valence electrons. The van der Waals surface area contributed by atoms with Gasteiger partial charge in [0.2, 0.25) is 6.79 Å². The smallest absolute Gasteiger partial charge is 0.338 e. The number of hydrogen-bond acceptors (Lipinski definition) is 10. The summed E-state index contributed by atoms with van der Waals surface area (Å²) in [6.45, 7) is 3.76. The Hall–Kier alpha value is -3.97. The van der Waals surface area contributed by atoms with E-state index >= 15 is 0 Å². The molecule has 0 saturated carbocycles. The van der Waals surface area contributed by atoms with Crippen molar-refractivity contribution in [1.82, 2.24) is 4.57 Å². The zero-order valence-electron chi connectivity index (χ0n) is 21.8. The van der Waals surface area contributed by atoms with Crippen molar-refractivity contribution in [2.75, 3.05) is 20.5 Å². The van der Waals surface area contributed by atoms with Crippen molar-refractivity contribution >= 4 is 45.0 Å². The highest BCUT2D eigenvalue weighted by Gasteiger charge is 2.36. The number of carbonyl (C=O) groups excluding carboxylic acids is 1. The van der Waals surface area contributed by atoms with Gasteiger partial charge in [-0.1, -0.05) is 40.6 Å². The first-order chi connectivity index (χ1) is 19.3. The van der Waals surface area contributed by atoms with E-state index in [0.717, 1.165) is 15.8 Å². The topological polar surface area (TPSA) is 131 Å². The fraction of sp³-hybridized carbons (Fsp3) is 0.296. The number of nitro groups is 1. The maximum atomic E-state index is 14.0. The Balaban J connectivity index is 1.81. The molecule has 0 unspecified atom stereocenters. The second kappa shape index (κ2) is 11.3. The standard InChI is InChI=1S/C27H24BrN3O8S/c1-4-6-17-23(26(33)37-5-2)24(16-11-15(28)7-8-19(16)36-3)30-25(32)22(40-27(30)29-17)10-14-9-20-21(39-13-38-20)12-18(14)31(34)35/h7-12,24H,4-6,13H2,1-3H3/b22-10+/t24-/m0/s1. The first-order valence-corrected chi connectivity index (χ1v) is 14.0. The third-order valence-electron chi connectivity index (χ3n) is 6.38. The van der Waals surface area contributed by atoms with E-state index in [-0.39, 0.29) is 40.5 Å². The van der Waals surface area contributed by atoms with Crippen LogP contribution in [0.3, 0.4) is 0 Å². The maximum Gasteiger partial charge on any atom is 0.338 e. The van der Waals surface area contributed by atoms with Gasteiger partial charge in [-0.05, 0) is 43.7 Å². The number of carbonyl (C=O) groups is 1. The monoisotopic (exact) mass is 629 g/mol. The third-order valence-corrected chi connectivity index (χ3v) is 7.86. The molecular weight excluding hydrogens is 606 g/mol. The summed E-state index contributed by atoms with van der Waals surface area (Å²) in [4.78, 5) is 43.8. The van der Waals surface area contributed by atoms with E-state index < -0.39 is 22.5 Å². The Morgan fingerprint density at radius 1 is 1.27 bits per heavy atom. The van der Waals surface area contributed by atoms with Crippen molar-refractivity contribution in [2.45, 2.75) is 32.7 Å². The van der Waals surface area contributed by atoms with Gasteiger partial charge in [0.25, 0.3) is 11.2 Å². The molecule has 2 aromatic carbocycles. The lowest BCUT2D eigenvalue weighted by atomic mass is 9.93. The summed E-state index contributed by atoms with van der Waals surface area (Å²) >= 11 is 4.57. The van der Waals surface area contributed by atoms with Crippen molar-refractivity contribution < 1.29 is 28.7 Å². The third kappa shape index (κ3) is 4.90. The lowest BCUT2D eigenvalue weighted by Gasteiger charge is -2.27. The second-order valence-corrected chi connectivity index (χ2v) is 10.7. The molecule has 40 heavy (non-hydrogen) atoms. The van der Waals surface area contributed by atoms with Crippen LogP contribution < -0.4 is 29.1 Å². The predicted molar refractivity (Wildman–Crippen MR) is 150 cm³/mol. The summed E-state index contributed by atoms with van der Waals surface area (Å²) in [7, 11) is 1.51. The number of fused-ring (bicyclic) bond motifs is 2. The molecule has 0 fully saturated rings. The van der Waals surface area contributed by atoms with Crippen LogP contribution in [0.2, 0.25) is 0 Å². The lowest BCUT2D eigenvalue weighted by Crippen LogP contribution is -2.40. The molecule has 1 atom stereocenters. The lowest BCUT2D eigenvalue weighted by molar-refractivity contribution is -0.385. The number of thiazole rings is 1. The summed E-state index contributed by atoms with van der Waals surface area (Å²) in [5.41, 5.74) is 0.780. The maximum absolute atomic E-state index is 14.0. The molecule has 3 aromatic rings. The number of ether oxygens (including phenoxy) is 4. The van der Waals surface area contributed by atoms with E-state index in [1.807, 2.05) is 6.92 Å². The van der Waals surface area contributed by atoms with Crippen LogP contribution in [0.4, 0.5) is 5.69 Å². The molecule has 0 bridgehead atoms. The van der Waals surface area contributed by atoms with Gasteiger partial charge in [-0.3, -0.25) is 19.5 Å². The van der Waals surface area contributed by atoms with Gasteiger partial charge in [0.15, 0.2) is 16.3 Å². The molecule has 5 rings (SSSR count). The highest BCUT2D eigenvalue weighted by atomic mass is 79.9. The molecule has 2 aliphatic rings. The minimum atomic E-state index is -0.904. The van der Waals surface area contributed by atoms with E-state index in [2.05, 4.69) is 15.9 Å². The van der Waals surface area contributed by atoms with Crippen molar-refractivity contribution in [3.8, 4) is 17.2 Å². The fourth-order valence-electron chi connectivity index (χ4n) is 4.70. The molecule has 0 radical (unpaired) electrons. The van der Waals surface area contributed by atoms with Crippen molar-refractivity contribution in [3.05, 3.63) is 87.0 Å². The van der Waals surface area contributed by atoms with Gasteiger partial charge in [-0.25, -0.2) is 9.79 Å². The number of benzene rings is 2. The van der Waals surface area contributed by atoms with Gasteiger partial charge in [0, 0.05) is 10.0 Å². The quantitative estimate of drug-likeness (QED) is 0.208. The van der Waals surface area contributed by atoms with E-state index in [1.54, 1.807) is 25.1 Å². The van der Waals surface area contributed by atoms with Crippen LogP contribution in [0.25, 0.3) is 6.08 Å². The van der Waals surface area contributed by atoms with Crippen LogP contribution in [0.1, 0.15) is 43.9 Å². The number of rotatable bonds is 8. The second-order valence-electron chi connectivity index (χ2n) is 8.82. The summed E-state index contributed by atoms with van der Waals surface area (Å²) in [5.74, 6) is 0.489. The predicted octanol–water partition coefficient (Wildman–Crippen LogP) is 3.99. The van der Waals surface area contributed by atoms with Gasteiger partial charge in [-0.15, -0.1) is 0 Å². The van der Waals surface area contributed by atoms with Crippen LogP contribution in [-0.2, 0) is 9.53 Å². The molecule has 3 heterocycles. The molecule has 0 aliphatic carbocycles. The number of methoxy groups -OCH3 is 1. The zero-order valence-corrected chi connectivity index (χ0v) is 24.2. The normalized spacial score (nSPS) is 16.0. The Kier molecular flexibility index (Phi) is 7.76. The average Bonchev–Trinajstić information content (AvgIpc) is 3.51. The molecule has 2 aliphatic heterocycles. The number of aromatic nitrogens is 1. The summed E-state index contributed by atoms with van der Waals surface area (Å²) in [6, 6.07) is 7.17. The number of hydrogen-bond donors (Lipinski definition) is 0. The van der Waals surface area contributed by atoms with E-state index in [4.69, 9.17) is 23.9 Å². The molecule has 13 heteroatoms. The summed E-state index contributed by atoms with van der Waals surface area (Å²) in [5, 5.41) is 11.8. The molecule has 0 saturated heterocycles. The van der Waals surface area contributed by atoms with Crippen molar-refractivity contribution in [2.24, 2.45) is 4.99 Å². The number of halogens is 1. The Bertz CT molecular complexity index is 1740. The van der Waals surface area contributed by atoms with Crippen LogP contribution in [-0.4, -0.2) is 36.0 Å². The number of esters is 1. The number of nitro benzene ring substituents is 1. The van der Waals surface area contributed by atoms with Crippen LogP contribution >= 0.6 is 27.3 Å². The Morgan fingerprint density at radius 2 is 2.02 bits per heavy atom. The van der Waals surface area contributed by atoms with Gasteiger partial charge in [0.05, 0.1) is 46.1 Å². The van der Waals surface area contributed by atoms with Crippen LogP contribution in [0, 0.1) is 10.1 Å². The SMILES string of the molecule is CCCC1=C(C(=O)OCC)[C@H](c2cc(Br)ccc2OC)n2c(s/c(=C/c3cc4c(cc3[N+](=O)[O-])OCO4)c2=O)=N1. The summed E-state index contributed by atoms with van der Waals surface area (Å²) < 4.78 is 24.1. The zero-order chi connectivity index (χ0) is 28.6. The molecule has 0 N–H and O–H groups in total. The molecule has 0 amide bonds. The Morgan fingerprint density at radius 3 is 2.70 bits per heavy atom. The van der Waals surface area contributed by atoms with Crippen molar-refractivity contribution in [3.63, 3.8) is 0 Å². The molecule has 1 aromatic heterocycles. The van der Waals surface area contributed by atoms with Gasteiger partial charge >= 0.3 is 5.97 Å². The Labute approximate surface area is 240 Å². The van der Waals surface area contributed by atoms with E-state index in [9.17, 15) is 19.7 Å². The number of nitrogens with zero attached hydrogens (tertiary/aromatic N) is 3. The largest absolute Gasteiger partial charge is 0.496 e. The first kappa shape index (κ1) is 27.6. The first-order valence-electron chi connectivity index (χ1n) is 12.4. The molecule has 0 spiro atoms. The van der Waals surface area contributed by atoms with Gasteiger partial charge in [0.1, 0.15) is 11.8 Å². The van der Waals surface area contributed by atoms with Gasteiger partial charge in [-0.2, -0.15) is 0 Å². The summed E-state index contributed by atoms with van der Waals surface area (Å²) in [6.07, 6.45) is 2.61. The average molecular weight is 630 g/mol. The molecular formula is C27H24BrN3O8S. The van der Waals surface area contributed by atoms with Gasteiger partial charge < -0.3 is 18.9 Å². The van der Waals surface area contributed by atoms with Crippen LogP contribution in [0.15, 0.2) is 55.9 Å². The number of allylic oxidation sites excluding steroid dienone is 1. The van der Waals surface area contributed by atoms with Crippen LogP contribution in [0.5, 0.6) is 17.2 Å².